The number of hydrogen-bond acceptors (Lipinski definition) is 4. The predicted molar refractivity (Wildman–Crippen MR) is 117 cm³/mol. The fourth-order valence-corrected chi connectivity index (χ4v) is 6.15. The molecule has 0 unspecified atom stereocenters. The van der Waals surface area contributed by atoms with Crippen LogP contribution in [0.3, 0.4) is 0 Å². The Morgan fingerprint density at radius 2 is 1.48 bits per heavy atom. The summed E-state index contributed by atoms with van der Waals surface area (Å²) in [5.41, 5.74) is 1.22. The van der Waals surface area contributed by atoms with Crippen LogP contribution in [0.4, 0.5) is 0 Å². The lowest BCUT2D eigenvalue weighted by molar-refractivity contribution is -0.145. The first-order valence-corrected chi connectivity index (χ1v) is 12.0. The third-order valence-electron chi connectivity index (χ3n) is 7.87. The molecule has 6 heteroatoms. The summed E-state index contributed by atoms with van der Waals surface area (Å²) in [7, 11) is 0. The van der Waals surface area contributed by atoms with Crippen molar-refractivity contribution in [3.63, 3.8) is 0 Å². The average Bonchev–Trinajstić information content (AvgIpc) is 3.49. The first kappa shape index (κ1) is 20.7. The summed E-state index contributed by atoms with van der Waals surface area (Å²) in [5, 5.41) is 0. The Kier molecular flexibility index (Phi) is 5.83. The van der Waals surface area contributed by atoms with Gasteiger partial charge in [-0.1, -0.05) is 43.2 Å². The molecule has 4 aliphatic rings. The Morgan fingerprint density at radius 1 is 0.871 bits per heavy atom. The first-order chi connectivity index (χ1) is 15.1. The fourth-order valence-electron chi connectivity index (χ4n) is 6.15. The molecule has 1 aromatic rings. The molecule has 6 nitrogen and oxygen atoms in total. The highest BCUT2D eigenvalue weighted by molar-refractivity contribution is 6.06. The topological polar surface area (TPSA) is 60.9 Å². The van der Waals surface area contributed by atoms with Crippen molar-refractivity contribution in [3.05, 3.63) is 35.9 Å². The van der Waals surface area contributed by atoms with Crippen LogP contribution in [0.5, 0.6) is 0 Å². The van der Waals surface area contributed by atoms with E-state index in [0.717, 1.165) is 19.4 Å². The van der Waals surface area contributed by atoms with Crippen molar-refractivity contribution in [1.29, 1.82) is 0 Å². The Hall–Kier alpha value is -2.21. The van der Waals surface area contributed by atoms with Gasteiger partial charge in [-0.05, 0) is 37.2 Å². The molecule has 3 aliphatic heterocycles. The maximum absolute atomic E-state index is 13.1. The van der Waals surface area contributed by atoms with E-state index in [2.05, 4.69) is 17.0 Å². The molecule has 3 heterocycles. The minimum absolute atomic E-state index is 0.0151. The van der Waals surface area contributed by atoms with Crippen LogP contribution in [0.25, 0.3) is 0 Å². The highest BCUT2D eigenvalue weighted by Gasteiger charge is 2.54. The van der Waals surface area contributed by atoms with Crippen LogP contribution in [0.2, 0.25) is 0 Å². The molecule has 2 atom stereocenters. The largest absolute Gasteiger partial charge is 0.343 e. The van der Waals surface area contributed by atoms with Gasteiger partial charge in [-0.2, -0.15) is 0 Å². The van der Waals surface area contributed by atoms with Crippen LogP contribution in [-0.4, -0.2) is 64.6 Å². The third-order valence-corrected chi connectivity index (χ3v) is 7.87. The van der Waals surface area contributed by atoms with E-state index >= 15 is 0 Å². The van der Waals surface area contributed by atoms with Crippen molar-refractivity contribution in [2.24, 2.45) is 17.8 Å². The minimum atomic E-state index is -0.196. The van der Waals surface area contributed by atoms with Gasteiger partial charge < -0.3 is 4.90 Å². The minimum Gasteiger partial charge on any atom is -0.343 e. The second kappa shape index (κ2) is 8.73. The standard InChI is InChI=1S/C25H33N3O3/c29-23(14-18-6-4-5-7-18)27-12-10-20(11-13-27)28-24(30)21-16-26(17-22(21)25(28)31)15-19-8-2-1-3-9-19/h1-3,8-9,18,20-22H,4-7,10-17H2/t21-,22+. The molecule has 31 heavy (non-hydrogen) atoms. The number of piperidine rings is 1. The van der Waals surface area contributed by atoms with Gasteiger partial charge in [0.25, 0.3) is 0 Å². The SMILES string of the molecule is O=C(CC1CCCC1)N1CCC(N2C(=O)[C@H]3CN(Cc4ccccc4)C[C@H]3C2=O)CC1. The van der Waals surface area contributed by atoms with Crippen molar-refractivity contribution in [2.45, 2.75) is 57.5 Å². The molecule has 0 N–H and O–H groups in total. The lowest BCUT2D eigenvalue weighted by Gasteiger charge is -2.36. The van der Waals surface area contributed by atoms with E-state index in [1.165, 1.54) is 31.2 Å². The van der Waals surface area contributed by atoms with Crippen LogP contribution < -0.4 is 0 Å². The summed E-state index contributed by atoms with van der Waals surface area (Å²) >= 11 is 0. The Morgan fingerprint density at radius 3 is 2.10 bits per heavy atom. The first-order valence-electron chi connectivity index (χ1n) is 12.0. The molecular formula is C25H33N3O3. The van der Waals surface area contributed by atoms with Gasteiger partial charge in [0.1, 0.15) is 0 Å². The zero-order valence-corrected chi connectivity index (χ0v) is 18.2. The monoisotopic (exact) mass is 423 g/mol. The van der Waals surface area contributed by atoms with Crippen LogP contribution in [0, 0.1) is 17.8 Å². The van der Waals surface area contributed by atoms with E-state index < -0.39 is 0 Å². The third kappa shape index (κ3) is 4.14. The van der Waals surface area contributed by atoms with E-state index in [9.17, 15) is 14.4 Å². The normalized spacial score (nSPS) is 28.0. The van der Waals surface area contributed by atoms with Crippen LogP contribution in [0.1, 0.15) is 50.5 Å². The summed E-state index contributed by atoms with van der Waals surface area (Å²) in [4.78, 5) is 44.7. The Labute approximate surface area is 184 Å². The molecule has 0 spiro atoms. The fraction of sp³-hybridized carbons (Fsp3) is 0.640. The van der Waals surface area contributed by atoms with Crippen molar-refractivity contribution in [1.82, 2.24) is 14.7 Å². The van der Waals surface area contributed by atoms with E-state index in [-0.39, 0.29) is 35.6 Å². The van der Waals surface area contributed by atoms with Crippen LogP contribution in [0.15, 0.2) is 30.3 Å². The summed E-state index contributed by atoms with van der Waals surface area (Å²) < 4.78 is 0. The molecule has 1 aromatic carbocycles. The number of imide groups is 1. The quantitative estimate of drug-likeness (QED) is 0.683. The predicted octanol–water partition coefficient (Wildman–Crippen LogP) is 2.67. The van der Waals surface area contributed by atoms with E-state index in [1.807, 2.05) is 23.1 Å². The van der Waals surface area contributed by atoms with Crippen molar-refractivity contribution < 1.29 is 14.4 Å². The number of fused-ring (bicyclic) bond motifs is 1. The maximum Gasteiger partial charge on any atom is 0.234 e. The molecule has 4 fully saturated rings. The summed E-state index contributed by atoms with van der Waals surface area (Å²) in [5.74, 6) is 0.460. The summed E-state index contributed by atoms with van der Waals surface area (Å²) in [6.45, 7) is 3.46. The Bertz CT molecular complexity index is 804. The number of carbonyl (C=O) groups is 3. The van der Waals surface area contributed by atoms with Crippen molar-refractivity contribution in [3.8, 4) is 0 Å². The average molecular weight is 424 g/mol. The molecule has 0 radical (unpaired) electrons. The summed E-state index contributed by atoms with van der Waals surface area (Å²) in [6.07, 6.45) is 7.00. The van der Waals surface area contributed by atoms with Gasteiger partial charge in [0.2, 0.25) is 17.7 Å². The number of nitrogens with zero attached hydrogens (tertiary/aromatic N) is 3. The van der Waals surface area contributed by atoms with Crippen LogP contribution >= 0.6 is 0 Å². The van der Waals surface area contributed by atoms with Crippen molar-refractivity contribution in [2.75, 3.05) is 26.2 Å². The molecule has 1 saturated carbocycles. The molecule has 5 rings (SSSR count). The highest BCUT2D eigenvalue weighted by Crippen LogP contribution is 2.37. The summed E-state index contributed by atoms with van der Waals surface area (Å²) in [6, 6.07) is 10.2. The van der Waals surface area contributed by atoms with E-state index in [4.69, 9.17) is 0 Å². The number of benzene rings is 1. The van der Waals surface area contributed by atoms with Gasteiger partial charge in [0.05, 0.1) is 11.8 Å². The highest BCUT2D eigenvalue weighted by atomic mass is 16.2. The maximum atomic E-state index is 13.1. The van der Waals surface area contributed by atoms with E-state index in [1.54, 1.807) is 4.90 Å². The second-order valence-corrected chi connectivity index (χ2v) is 9.91. The number of carbonyl (C=O) groups excluding carboxylic acids is 3. The Balaban J connectivity index is 1.14. The molecule has 1 aliphatic carbocycles. The number of rotatable bonds is 5. The smallest absolute Gasteiger partial charge is 0.234 e. The van der Waals surface area contributed by atoms with Gasteiger partial charge in [0.15, 0.2) is 0 Å². The van der Waals surface area contributed by atoms with Gasteiger partial charge in [-0.25, -0.2) is 0 Å². The van der Waals surface area contributed by atoms with Gasteiger partial charge in [-0.15, -0.1) is 0 Å². The molecule has 0 aromatic heterocycles. The molecule has 166 valence electrons. The lowest BCUT2D eigenvalue weighted by Crippen LogP contribution is -2.50. The zero-order valence-electron chi connectivity index (χ0n) is 18.2. The molecule has 3 amide bonds. The zero-order chi connectivity index (χ0) is 21.4. The number of amides is 3. The van der Waals surface area contributed by atoms with Gasteiger partial charge >= 0.3 is 0 Å². The van der Waals surface area contributed by atoms with Crippen LogP contribution in [-0.2, 0) is 20.9 Å². The number of likely N-dealkylation sites (tertiary alicyclic amines) is 3. The van der Waals surface area contributed by atoms with Gasteiger partial charge in [-0.3, -0.25) is 24.2 Å². The lowest BCUT2D eigenvalue weighted by atomic mass is 9.99. The van der Waals surface area contributed by atoms with Crippen molar-refractivity contribution >= 4 is 17.7 Å². The second-order valence-electron chi connectivity index (χ2n) is 9.91. The molecular weight excluding hydrogens is 390 g/mol. The van der Waals surface area contributed by atoms with E-state index in [0.29, 0.717) is 38.5 Å². The van der Waals surface area contributed by atoms with Gasteiger partial charge in [0, 0.05) is 45.2 Å². The molecule has 3 saturated heterocycles. The number of hydrogen-bond donors (Lipinski definition) is 0. The molecule has 0 bridgehead atoms.